The summed E-state index contributed by atoms with van der Waals surface area (Å²) in [5, 5.41) is 23.3. The van der Waals surface area contributed by atoms with Crippen LogP contribution in [0.15, 0.2) is 48.5 Å². The molecule has 2 aromatic carbocycles. The van der Waals surface area contributed by atoms with Gasteiger partial charge < -0.3 is 25.6 Å². The van der Waals surface area contributed by atoms with E-state index < -0.39 is 18.2 Å². The molecule has 8 nitrogen and oxygen atoms in total. The Morgan fingerprint density at radius 1 is 0.939 bits per heavy atom. The van der Waals surface area contributed by atoms with Crippen LogP contribution in [0.3, 0.4) is 0 Å². The molecule has 174 valence electrons. The molecule has 0 aliphatic heterocycles. The summed E-state index contributed by atoms with van der Waals surface area (Å²) >= 11 is 0. The van der Waals surface area contributed by atoms with E-state index in [4.69, 9.17) is 9.84 Å². The molecule has 0 saturated heterocycles. The maximum absolute atomic E-state index is 12.5. The van der Waals surface area contributed by atoms with Crippen LogP contribution in [0.2, 0.25) is 0 Å². The molecule has 1 fully saturated rings. The Balaban J connectivity index is 1.24. The summed E-state index contributed by atoms with van der Waals surface area (Å²) in [7, 11) is 0. The van der Waals surface area contributed by atoms with Gasteiger partial charge in [0, 0.05) is 17.9 Å². The Kier molecular flexibility index (Phi) is 6.93. The topological polar surface area (TPSA) is 125 Å². The number of carboxylic acids is 1. The number of amides is 2. The molecule has 2 amide bonds. The molecule has 1 unspecified atom stereocenters. The first-order valence-electron chi connectivity index (χ1n) is 11.2. The summed E-state index contributed by atoms with van der Waals surface area (Å²) in [4.78, 5) is 35.3. The number of ether oxygens (including phenoxy) is 1. The minimum Gasteiger partial charge on any atom is -0.479 e. The molecule has 0 bridgehead atoms. The number of aliphatic hydroxyl groups excluding tert-OH is 1. The quantitative estimate of drug-likeness (QED) is 0.512. The average Bonchev–Trinajstić information content (AvgIpc) is 3.15. The van der Waals surface area contributed by atoms with Crippen molar-refractivity contribution < 1.29 is 29.3 Å². The van der Waals surface area contributed by atoms with E-state index >= 15 is 0 Å². The van der Waals surface area contributed by atoms with Gasteiger partial charge >= 0.3 is 12.1 Å². The highest BCUT2D eigenvalue weighted by Gasteiger charge is 2.31. The number of aliphatic hydroxyl groups is 1. The summed E-state index contributed by atoms with van der Waals surface area (Å²) in [5.41, 5.74) is 4.67. The van der Waals surface area contributed by atoms with Gasteiger partial charge in [-0.1, -0.05) is 48.5 Å². The second-order valence-corrected chi connectivity index (χ2v) is 8.62. The number of hydrogen-bond donors (Lipinski definition) is 4. The van der Waals surface area contributed by atoms with Crippen molar-refractivity contribution in [2.75, 3.05) is 13.2 Å². The molecular weight excluding hydrogens is 424 g/mol. The molecule has 2 aromatic rings. The van der Waals surface area contributed by atoms with Gasteiger partial charge in [-0.05, 0) is 47.9 Å². The average molecular weight is 453 g/mol. The molecule has 0 aromatic heterocycles. The Labute approximate surface area is 192 Å². The number of aliphatic carboxylic acids is 1. The van der Waals surface area contributed by atoms with Crippen LogP contribution in [0.1, 0.15) is 42.7 Å². The number of nitrogens with one attached hydrogen (secondary N) is 2. The molecule has 1 atom stereocenters. The third-order valence-corrected chi connectivity index (χ3v) is 6.52. The van der Waals surface area contributed by atoms with Gasteiger partial charge in [0.15, 0.2) is 6.10 Å². The number of carboxylic acid groups (broad SMARTS) is 1. The minimum atomic E-state index is -1.61. The van der Waals surface area contributed by atoms with E-state index in [9.17, 15) is 19.5 Å². The minimum absolute atomic E-state index is 0.00346. The molecule has 0 spiro atoms. The van der Waals surface area contributed by atoms with Gasteiger partial charge in [0.05, 0.1) is 6.54 Å². The molecule has 4 N–H and O–H groups in total. The van der Waals surface area contributed by atoms with Gasteiger partial charge in [0.25, 0.3) is 0 Å². The highest BCUT2D eigenvalue weighted by Crippen LogP contribution is 2.44. The monoisotopic (exact) mass is 452 g/mol. The molecule has 2 aliphatic carbocycles. The summed E-state index contributed by atoms with van der Waals surface area (Å²) < 4.78 is 5.59. The molecule has 2 aliphatic rings. The maximum Gasteiger partial charge on any atom is 0.407 e. The summed E-state index contributed by atoms with van der Waals surface area (Å²) in [6, 6.07) is 16.3. The van der Waals surface area contributed by atoms with Crippen molar-refractivity contribution in [3.8, 4) is 11.1 Å². The molecule has 4 rings (SSSR count). The van der Waals surface area contributed by atoms with Gasteiger partial charge in [-0.3, -0.25) is 4.79 Å². The fraction of sp³-hybridized carbons (Fsp3) is 0.400. The van der Waals surface area contributed by atoms with Gasteiger partial charge in [-0.2, -0.15) is 0 Å². The molecule has 33 heavy (non-hydrogen) atoms. The number of hydrogen-bond acceptors (Lipinski definition) is 5. The van der Waals surface area contributed by atoms with Crippen LogP contribution in [0.5, 0.6) is 0 Å². The predicted octanol–water partition coefficient (Wildman–Crippen LogP) is 2.65. The van der Waals surface area contributed by atoms with Crippen LogP contribution >= 0.6 is 0 Å². The van der Waals surface area contributed by atoms with Crippen molar-refractivity contribution in [3.63, 3.8) is 0 Å². The number of rotatable bonds is 7. The van der Waals surface area contributed by atoms with E-state index in [0.717, 1.165) is 11.1 Å². The first-order valence-corrected chi connectivity index (χ1v) is 11.2. The number of benzene rings is 2. The van der Waals surface area contributed by atoms with Crippen LogP contribution in [-0.2, 0) is 14.3 Å². The SMILES string of the molecule is O=C(NC1CCC(C(=O)NCC(O)C(=O)O)CC1)OCC1c2ccccc2-c2ccccc21. The first kappa shape index (κ1) is 22.8. The molecule has 0 heterocycles. The lowest BCUT2D eigenvalue weighted by Crippen LogP contribution is -2.43. The number of carbonyl (C=O) groups is 3. The standard InChI is InChI=1S/C25H28N2O6/c28-22(24(30)31)13-26-23(29)15-9-11-16(12-10-15)27-25(32)33-14-21-19-7-3-1-5-17(19)18-6-2-4-8-20(18)21/h1-8,15-16,21-22,28H,9-14H2,(H,26,29)(H,27,32)(H,30,31). The molecule has 1 saturated carbocycles. The van der Waals surface area contributed by atoms with E-state index in [1.54, 1.807) is 0 Å². The van der Waals surface area contributed by atoms with E-state index in [1.807, 2.05) is 24.3 Å². The second kappa shape index (κ2) is 10.0. The zero-order chi connectivity index (χ0) is 23.4. The summed E-state index contributed by atoms with van der Waals surface area (Å²) in [5.74, 6) is -1.89. The summed E-state index contributed by atoms with van der Waals surface area (Å²) in [6.07, 6.45) is 0.329. The van der Waals surface area contributed by atoms with Crippen molar-refractivity contribution >= 4 is 18.0 Å². The van der Waals surface area contributed by atoms with Gasteiger partial charge in [-0.15, -0.1) is 0 Å². The fourth-order valence-electron chi connectivity index (χ4n) is 4.74. The Morgan fingerprint density at radius 2 is 1.52 bits per heavy atom. The van der Waals surface area contributed by atoms with Gasteiger partial charge in [-0.25, -0.2) is 9.59 Å². The van der Waals surface area contributed by atoms with Crippen LogP contribution < -0.4 is 10.6 Å². The van der Waals surface area contributed by atoms with E-state index in [1.165, 1.54) is 11.1 Å². The lowest BCUT2D eigenvalue weighted by molar-refractivity contribution is -0.146. The fourth-order valence-corrected chi connectivity index (χ4v) is 4.74. The van der Waals surface area contributed by atoms with Crippen LogP contribution in [-0.4, -0.2) is 53.5 Å². The van der Waals surface area contributed by atoms with Crippen LogP contribution in [0, 0.1) is 5.92 Å². The van der Waals surface area contributed by atoms with Crippen molar-refractivity contribution in [1.29, 1.82) is 0 Å². The normalized spacial score (nSPS) is 20.3. The second-order valence-electron chi connectivity index (χ2n) is 8.62. The van der Waals surface area contributed by atoms with Gasteiger partial charge in [0.1, 0.15) is 6.61 Å². The van der Waals surface area contributed by atoms with Gasteiger partial charge in [0.2, 0.25) is 5.91 Å². The third-order valence-electron chi connectivity index (χ3n) is 6.52. The van der Waals surface area contributed by atoms with Crippen LogP contribution in [0.4, 0.5) is 4.79 Å². The highest BCUT2D eigenvalue weighted by atomic mass is 16.5. The zero-order valence-electron chi connectivity index (χ0n) is 18.2. The Bertz CT molecular complexity index is 986. The van der Waals surface area contributed by atoms with Crippen molar-refractivity contribution in [2.45, 2.75) is 43.7 Å². The van der Waals surface area contributed by atoms with Crippen molar-refractivity contribution in [1.82, 2.24) is 10.6 Å². The number of fused-ring (bicyclic) bond motifs is 3. The molecule has 0 radical (unpaired) electrons. The number of carbonyl (C=O) groups excluding carboxylic acids is 2. The van der Waals surface area contributed by atoms with Crippen LogP contribution in [0.25, 0.3) is 11.1 Å². The predicted molar refractivity (Wildman–Crippen MR) is 121 cm³/mol. The zero-order valence-corrected chi connectivity index (χ0v) is 18.2. The van der Waals surface area contributed by atoms with Crippen molar-refractivity contribution in [2.24, 2.45) is 5.92 Å². The maximum atomic E-state index is 12.5. The molecular formula is C25H28N2O6. The first-order chi connectivity index (χ1) is 15.9. The third kappa shape index (κ3) is 5.17. The lowest BCUT2D eigenvalue weighted by atomic mass is 9.85. The highest BCUT2D eigenvalue weighted by molar-refractivity contribution is 5.80. The Morgan fingerprint density at radius 3 is 2.09 bits per heavy atom. The van der Waals surface area contributed by atoms with E-state index in [0.29, 0.717) is 25.7 Å². The Hall–Kier alpha value is -3.39. The smallest absolute Gasteiger partial charge is 0.407 e. The van der Waals surface area contributed by atoms with Crippen molar-refractivity contribution in [3.05, 3.63) is 59.7 Å². The number of alkyl carbamates (subject to hydrolysis) is 1. The summed E-state index contributed by atoms with van der Waals surface area (Å²) in [6.45, 7) is -0.0599. The largest absolute Gasteiger partial charge is 0.479 e. The lowest BCUT2D eigenvalue weighted by Gasteiger charge is -2.28. The van der Waals surface area contributed by atoms with E-state index in [-0.39, 0.29) is 36.9 Å². The molecule has 8 heteroatoms. The van der Waals surface area contributed by atoms with E-state index in [2.05, 4.69) is 34.9 Å².